The molecule has 0 aliphatic heterocycles. The average Bonchev–Trinajstić information content (AvgIpc) is 2.47. The second kappa shape index (κ2) is 3.46. The molecule has 4 heteroatoms. The summed E-state index contributed by atoms with van der Waals surface area (Å²) in [5, 5.41) is 1.00. The van der Waals surface area contributed by atoms with E-state index in [2.05, 4.69) is 20.9 Å². The number of carbonyl (C=O) groups is 1. The minimum absolute atomic E-state index is 0.309. The van der Waals surface area contributed by atoms with Crippen LogP contribution in [-0.2, 0) is 4.79 Å². The van der Waals surface area contributed by atoms with Crippen LogP contribution in [0.25, 0.3) is 10.9 Å². The molecule has 0 saturated heterocycles. The minimum Gasteiger partial charge on any atom is -0.427 e. The average molecular weight is 254 g/mol. The largest absolute Gasteiger partial charge is 0.427 e. The van der Waals surface area contributed by atoms with Crippen LogP contribution in [0.15, 0.2) is 28.9 Å². The van der Waals surface area contributed by atoms with E-state index in [4.69, 9.17) is 4.74 Å². The van der Waals surface area contributed by atoms with Crippen molar-refractivity contribution in [1.82, 2.24) is 4.98 Å². The summed E-state index contributed by atoms with van der Waals surface area (Å²) >= 11 is 3.40. The zero-order chi connectivity index (χ0) is 10.1. The summed E-state index contributed by atoms with van der Waals surface area (Å²) in [5.74, 6) is 0.251. The molecule has 0 aliphatic carbocycles. The van der Waals surface area contributed by atoms with Crippen LogP contribution in [0.5, 0.6) is 5.75 Å². The van der Waals surface area contributed by atoms with Crippen LogP contribution in [0.3, 0.4) is 0 Å². The number of H-pyrrole nitrogens is 1. The van der Waals surface area contributed by atoms with Crippen molar-refractivity contribution >= 4 is 32.8 Å². The summed E-state index contributed by atoms with van der Waals surface area (Å²) < 4.78 is 5.93. The van der Waals surface area contributed by atoms with Crippen LogP contribution in [-0.4, -0.2) is 11.0 Å². The molecule has 2 rings (SSSR count). The Bertz CT molecular complexity index is 490. The zero-order valence-corrected chi connectivity index (χ0v) is 9.09. The van der Waals surface area contributed by atoms with Crippen LogP contribution in [0.2, 0.25) is 0 Å². The number of ether oxygens (including phenoxy) is 1. The highest BCUT2D eigenvalue weighted by atomic mass is 79.9. The number of halogens is 1. The van der Waals surface area contributed by atoms with E-state index in [0.29, 0.717) is 5.75 Å². The van der Waals surface area contributed by atoms with Crippen LogP contribution < -0.4 is 4.74 Å². The number of aromatic nitrogens is 1. The molecule has 0 spiro atoms. The molecule has 0 bridgehead atoms. The number of fused-ring (bicyclic) bond motifs is 1. The second-order valence-electron chi connectivity index (χ2n) is 2.94. The Morgan fingerprint density at radius 3 is 3.00 bits per heavy atom. The van der Waals surface area contributed by atoms with E-state index >= 15 is 0 Å². The molecule has 0 amide bonds. The third-order valence-corrected chi connectivity index (χ3v) is 2.52. The molecule has 0 radical (unpaired) electrons. The van der Waals surface area contributed by atoms with Crippen molar-refractivity contribution in [1.29, 1.82) is 0 Å². The highest BCUT2D eigenvalue weighted by molar-refractivity contribution is 9.10. The first-order chi connectivity index (χ1) is 6.66. The lowest BCUT2D eigenvalue weighted by atomic mass is 10.2. The normalized spacial score (nSPS) is 10.4. The van der Waals surface area contributed by atoms with Crippen molar-refractivity contribution in [3.05, 3.63) is 28.9 Å². The lowest BCUT2D eigenvalue weighted by Gasteiger charge is -2.00. The van der Waals surface area contributed by atoms with Crippen LogP contribution in [0.4, 0.5) is 0 Å². The Kier molecular flexibility index (Phi) is 2.29. The van der Waals surface area contributed by atoms with Crippen LogP contribution >= 0.6 is 15.9 Å². The number of esters is 1. The van der Waals surface area contributed by atoms with Gasteiger partial charge in [0.15, 0.2) is 0 Å². The van der Waals surface area contributed by atoms with Gasteiger partial charge in [-0.1, -0.05) is 0 Å². The number of hydrogen-bond donors (Lipinski definition) is 1. The van der Waals surface area contributed by atoms with Gasteiger partial charge in [0, 0.05) is 28.5 Å². The van der Waals surface area contributed by atoms with Crippen LogP contribution in [0, 0.1) is 0 Å². The van der Waals surface area contributed by atoms with E-state index in [-0.39, 0.29) is 5.97 Å². The van der Waals surface area contributed by atoms with E-state index < -0.39 is 0 Å². The smallest absolute Gasteiger partial charge is 0.308 e. The van der Waals surface area contributed by atoms with E-state index in [0.717, 1.165) is 15.4 Å². The van der Waals surface area contributed by atoms with E-state index in [9.17, 15) is 4.79 Å². The van der Waals surface area contributed by atoms with Gasteiger partial charge in [-0.3, -0.25) is 4.79 Å². The Morgan fingerprint density at radius 2 is 2.29 bits per heavy atom. The molecular formula is C10H8BrNO2. The molecule has 14 heavy (non-hydrogen) atoms. The summed E-state index contributed by atoms with van der Waals surface area (Å²) in [4.78, 5) is 13.8. The quantitative estimate of drug-likeness (QED) is 0.628. The number of nitrogens with one attached hydrogen (secondary N) is 1. The van der Waals surface area contributed by atoms with Gasteiger partial charge in [-0.15, -0.1) is 0 Å². The fraction of sp³-hybridized carbons (Fsp3) is 0.100. The Balaban J connectivity index is 2.49. The molecule has 1 N–H and O–H groups in total. The Labute approximate surface area is 89.2 Å². The third-order valence-electron chi connectivity index (χ3n) is 1.86. The van der Waals surface area contributed by atoms with E-state index in [1.54, 1.807) is 6.07 Å². The van der Waals surface area contributed by atoms with Crippen molar-refractivity contribution in [3.8, 4) is 5.75 Å². The van der Waals surface area contributed by atoms with Crippen LogP contribution in [0.1, 0.15) is 6.92 Å². The summed E-state index contributed by atoms with van der Waals surface area (Å²) in [6, 6.07) is 5.45. The monoisotopic (exact) mass is 253 g/mol. The molecule has 0 saturated carbocycles. The third kappa shape index (κ3) is 1.65. The van der Waals surface area contributed by atoms with Crippen molar-refractivity contribution in [2.75, 3.05) is 0 Å². The highest BCUT2D eigenvalue weighted by Crippen LogP contribution is 2.27. The van der Waals surface area contributed by atoms with E-state index in [1.807, 2.05) is 18.3 Å². The highest BCUT2D eigenvalue weighted by Gasteiger charge is 2.03. The molecule has 2 aromatic rings. The zero-order valence-electron chi connectivity index (χ0n) is 7.50. The molecule has 1 aromatic carbocycles. The van der Waals surface area contributed by atoms with Gasteiger partial charge in [0.1, 0.15) is 5.75 Å². The maximum atomic E-state index is 10.7. The predicted molar refractivity (Wildman–Crippen MR) is 57.3 cm³/mol. The van der Waals surface area contributed by atoms with E-state index in [1.165, 1.54) is 6.92 Å². The fourth-order valence-electron chi connectivity index (χ4n) is 1.30. The topological polar surface area (TPSA) is 42.1 Å². The molecule has 1 heterocycles. The van der Waals surface area contributed by atoms with Crippen molar-refractivity contribution < 1.29 is 9.53 Å². The van der Waals surface area contributed by atoms with Crippen molar-refractivity contribution in [2.45, 2.75) is 6.92 Å². The summed E-state index contributed by atoms with van der Waals surface area (Å²) in [7, 11) is 0. The molecule has 0 fully saturated rings. The number of aromatic amines is 1. The molecule has 0 atom stereocenters. The Morgan fingerprint density at radius 1 is 1.50 bits per heavy atom. The van der Waals surface area contributed by atoms with Gasteiger partial charge in [-0.25, -0.2) is 0 Å². The molecule has 0 aliphatic rings. The van der Waals surface area contributed by atoms with Gasteiger partial charge >= 0.3 is 5.97 Å². The second-order valence-corrected chi connectivity index (χ2v) is 3.79. The first kappa shape index (κ1) is 9.27. The summed E-state index contributed by atoms with van der Waals surface area (Å²) in [6.07, 6.45) is 1.85. The number of carbonyl (C=O) groups excluding carboxylic acids is 1. The fourth-order valence-corrected chi connectivity index (χ4v) is 1.74. The number of benzene rings is 1. The first-order valence-corrected chi connectivity index (χ1v) is 4.91. The molecule has 0 unspecified atom stereocenters. The SMILES string of the molecule is CC(=O)Oc1ccc2[nH]cc(Br)c2c1. The lowest BCUT2D eigenvalue weighted by Crippen LogP contribution is -2.00. The minimum atomic E-state index is -0.309. The van der Waals surface area contributed by atoms with Gasteiger partial charge < -0.3 is 9.72 Å². The van der Waals surface area contributed by atoms with Gasteiger partial charge in [0.2, 0.25) is 0 Å². The first-order valence-electron chi connectivity index (χ1n) is 4.12. The van der Waals surface area contributed by atoms with Crippen molar-refractivity contribution in [2.24, 2.45) is 0 Å². The molecule has 1 aromatic heterocycles. The van der Waals surface area contributed by atoms with Gasteiger partial charge in [-0.2, -0.15) is 0 Å². The van der Waals surface area contributed by atoms with Gasteiger partial charge in [-0.05, 0) is 34.1 Å². The Hall–Kier alpha value is -1.29. The molecule has 72 valence electrons. The number of hydrogen-bond acceptors (Lipinski definition) is 2. The summed E-state index contributed by atoms with van der Waals surface area (Å²) in [5.41, 5.74) is 1.01. The number of rotatable bonds is 1. The van der Waals surface area contributed by atoms with Crippen molar-refractivity contribution in [3.63, 3.8) is 0 Å². The molecule has 3 nitrogen and oxygen atoms in total. The summed E-state index contributed by atoms with van der Waals surface area (Å²) in [6.45, 7) is 1.39. The van der Waals surface area contributed by atoms with Gasteiger partial charge in [0.25, 0.3) is 0 Å². The molecular weight excluding hydrogens is 246 g/mol. The maximum Gasteiger partial charge on any atom is 0.308 e. The standard InChI is InChI=1S/C10H8BrNO2/c1-6(13)14-7-2-3-10-8(4-7)9(11)5-12-10/h2-5,12H,1H3. The maximum absolute atomic E-state index is 10.7. The lowest BCUT2D eigenvalue weighted by molar-refractivity contribution is -0.131. The predicted octanol–water partition coefficient (Wildman–Crippen LogP) is 2.86. The van der Waals surface area contributed by atoms with Gasteiger partial charge in [0.05, 0.1) is 0 Å².